The monoisotopic (exact) mass is 426 g/mol. The summed E-state index contributed by atoms with van der Waals surface area (Å²) in [6, 6.07) is 5.68. The van der Waals surface area contributed by atoms with Gasteiger partial charge in [-0.2, -0.15) is 0 Å². The number of nitrogens with one attached hydrogen (secondary N) is 1. The number of carbonyl (C=O) groups excluding carboxylic acids is 2. The third kappa shape index (κ3) is 6.09. The highest BCUT2D eigenvalue weighted by atomic mass is 19.1. The molecule has 1 N–H and O–H groups in total. The van der Waals surface area contributed by atoms with Crippen molar-refractivity contribution >= 4 is 17.5 Å². The molecule has 3 rings (SSSR count). The van der Waals surface area contributed by atoms with Gasteiger partial charge in [-0.1, -0.05) is 13.8 Å². The first kappa shape index (κ1) is 22.8. The number of aromatic nitrogens is 2. The van der Waals surface area contributed by atoms with Gasteiger partial charge in [0.25, 0.3) is 0 Å². The van der Waals surface area contributed by atoms with E-state index in [0.29, 0.717) is 24.6 Å². The zero-order chi connectivity index (χ0) is 22.5. The van der Waals surface area contributed by atoms with E-state index in [9.17, 15) is 14.0 Å². The normalized spacial score (nSPS) is 16.5. The Morgan fingerprint density at radius 3 is 2.42 bits per heavy atom. The molecule has 0 saturated carbocycles. The number of carbonyl (C=O) groups is 2. The van der Waals surface area contributed by atoms with Gasteiger partial charge in [-0.05, 0) is 56.9 Å². The molecule has 0 unspecified atom stereocenters. The van der Waals surface area contributed by atoms with E-state index < -0.39 is 0 Å². The van der Waals surface area contributed by atoms with Gasteiger partial charge >= 0.3 is 0 Å². The summed E-state index contributed by atoms with van der Waals surface area (Å²) in [5.41, 5.74) is 2.91. The van der Waals surface area contributed by atoms with Crippen LogP contribution in [-0.4, -0.2) is 39.8 Å². The predicted molar refractivity (Wildman–Crippen MR) is 118 cm³/mol. The Kier molecular flexibility index (Phi) is 7.36. The zero-order valence-electron chi connectivity index (χ0n) is 18.7. The third-order valence-electron chi connectivity index (χ3n) is 5.63. The Labute approximate surface area is 183 Å². The van der Waals surface area contributed by atoms with E-state index in [1.165, 1.54) is 24.3 Å². The van der Waals surface area contributed by atoms with Crippen molar-refractivity contribution in [2.75, 3.05) is 18.4 Å². The molecule has 1 saturated heterocycles. The number of halogens is 1. The third-order valence-corrected chi connectivity index (χ3v) is 5.63. The Bertz CT molecular complexity index is 920. The second-order valence-electron chi connectivity index (χ2n) is 8.74. The van der Waals surface area contributed by atoms with Crippen LogP contribution in [0.15, 0.2) is 24.3 Å². The van der Waals surface area contributed by atoms with Gasteiger partial charge in [0.1, 0.15) is 11.6 Å². The van der Waals surface area contributed by atoms with Crippen LogP contribution in [-0.2, 0) is 16.0 Å². The molecule has 166 valence electrons. The molecule has 1 aromatic carbocycles. The number of likely N-dealkylation sites (tertiary alicyclic amines) is 1. The van der Waals surface area contributed by atoms with E-state index >= 15 is 0 Å². The van der Waals surface area contributed by atoms with Crippen LogP contribution in [0, 0.1) is 25.6 Å². The second-order valence-corrected chi connectivity index (χ2v) is 8.74. The fourth-order valence-corrected chi connectivity index (χ4v) is 4.00. The lowest BCUT2D eigenvalue weighted by Gasteiger charge is -2.33. The van der Waals surface area contributed by atoms with Crippen molar-refractivity contribution < 1.29 is 14.0 Å². The molecule has 6 nitrogen and oxygen atoms in total. The highest BCUT2D eigenvalue weighted by Gasteiger charge is 2.27. The van der Waals surface area contributed by atoms with E-state index in [4.69, 9.17) is 9.97 Å². The van der Waals surface area contributed by atoms with Crippen molar-refractivity contribution in [3.05, 3.63) is 52.9 Å². The van der Waals surface area contributed by atoms with Crippen molar-refractivity contribution in [3.8, 4) is 0 Å². The molecule has 1 fully saturated rings. The van der Waals surface area contributed by atoms with Gasteiger partial charge in [0, 0.05) is 48.1 Å². The molecule has 0 bridgehead atoms. The van der Waals surface area contributed by atoms with Crippen LogP contribution in [0.4, 0.5) is 10.1 Å². The largest absolute Gasteiger partial charge is 0.342 e. The van der Waals surface area contributed by atoms with Gasteiger partial charge < -0.3 is 10.2 Å². The van der Waals surface area contributed by atoms with Crippen molar-refractivity contribution in [1.29, 1.82) is 0 Å². The van der Waals surface area contributed by atoms with Gasteiger partial charge in [-0.15, -0.1) is 0 Å². The van der Waals surface area contributed by atoms with Gasteiger partial charge in [-0.3, -0.25) is 9.59 Å². The molecule has 0 radical (unpaired) electrons. The van der Waals surface area contributed by atoms with E-state index in [2.05, 4.69) is 19.2 Å². The number of anilines is 1. The molecule has 1 aromatic heterocycles. The topological polar surface area (TPSA) is 75.2 Å². The van der Waals surface area contributed by atoms with E-state index in [1.54, 1.807) is 0 Å². The number of amides is 2. The first-order valence-electron chi connectivity index (χ1n) is 10.9. The number of hydrogen-bond donors (Lipinski definition) is 1. The highest BCUT2D eigenvalue weighted by molar-refractivity contribution is 5.92. The molecule has 2 amide bonds. The Morgan fingerprint density at radius 2 is 1.81 bits per heavy atom. The van der Waals surface area contributed by atoms with Crippen molar-refractivity contribution in [3.63, 3.8) is 0 Å². The average Bonchev–Trinajstić information content (AvgIpc) is 2.72. The SMILES string of the molecule is Cc1nc([C@@H]2CCCN(C(=O)CC(C)C)C2)nc(C)c1CC(=O)Nc1ccc(F)cc1. The van der Waals surface area contributed by atoms with Crippen LogP contribution in [0.1, 0.15) is 61.8 Å². The number of benzene rings is 1. The molecule has 1 aliphatic rings. The fraction of sp³-hybridized carbons (Fsp3) is 0.500. The molecular weight excluding hydrogens is 395 g/mol. The molecule has 31 heavy (non-hydrogen) atoms. The van der Waals surface area contributed by atoms with Crippen LogP contribution >= 0.6 is 0 Å². The Balaban J connectivity index is 1.68. The van der Waals surface area contributed by atoms with Gasteiger partial charge in [0.15, 0.2) is 0 Å². The lowest BCUT2D eigenvalue weighted by molar-refractivity contribution is -0.133. The summed E-state index contributed by atoms with van der Waals surface area (Å²) in [6.07, 6.45) is 2.61. The maximum absolute atomic E-state index is 13.0. The number of rotatable bonds is 6. The average molecular weight is 427 g/mol. The summed E-state index contributed by atoms with van der Waals surface area (Å²) < 4.78 is 13.0. The van der Waals surface area contributed by atoms with Crippen molar-refractivity contribution in [2.24, 2.45) is 5.92 Å². The summed E-state index contributed by atoms with van der Waals surface area (Å²) in [5, 5.41) is 2.78. The summed E-state index contributed by atoms with van der Waals surface area (Å²) in [7, 11) is 0. The van der Waals surface area contributed by atoms with Crippen LogP contribution in [0.25, 0.3) is 0 Å². The van der Waals surface area contributed by atoms with Crippen molar-refractivity contribution in [1.82, 2.24) is 14.9 Å². The summed E-state index contributed by atoms with van der Waals surface area (Å²) in [6.45, 7) is 9.34. The lowest BCUT2D eigenvalue weighted by Crippen LogP contribution is -2.40. The van der Waals surface area contributed by atoms with Gasteiger partial charge in [0.05, 0.1) is 6.42 Å². The lowest BCUT2D eigenvalue weighted by atomic mass is 9.95. The maximum atomic E-state index is 13.0. The first-order chi connectivity index (χ1) is 14.7. The molecular formula is C24H31FN4O2. The number of piperidine rings is 1. The molecule has 1 aliphatic heterocycles. The fourth-order valence-electron chi connectivity index (χ4n) is 4.00. The van der Waals surface area contributed by atoms with Crippen molar-refractivity contribution in [2.45, 2.75) is 59.3 Å². The molecule has 2 aromatic rings. The smallest absolute Gasteiger partial charge is 0.228 e. The van der Waals surface area contributed by atoms with E-state index in [1.807, 2.05) is 18.7 Å². The van der Waals surface area contributed by atoms with Gasteiger partial charge in [-0.25, -0.2) is 14.4 Å². The minimum absolute atomic E-state index is 0.115. The predicted octanol–water partition coefficient (Wildman–Crippen LogP) is 4.17. The number of aryl methyl sites for hydroxylation is 2. The Hall–Kier alpha value is -2.83. The summed E-state index contributed by atoms with van der Waals surface area (Å²) >= 11 is 0. The van der Waals surface area contributed by atoms with Gasteiger partial charge in [0.2, 0.25) is 11.8 Å². The second kappa shape index (κ2) is 9.98. The maximum Gasteiger partial charge on any atom is 0.228 e. The standard InChI is InChI=1S/C24H31FN4O2/c1-15(2)12-23(31)29-11-5-6-18(14-29)24-26-16(3)21(17(4)27-24)13-22(30)28-20-9-7-19(25)8-10-20/h7-10,15,18H,5-6,11-14H2,1-4H3,(H,28,30)/t18-/m1/s1. The molecule has 1 atom stereocenters. The number of hydrogen-bond acceptors (Lipinski definition) is 4. The highest BCUT2D eigenvalue weighted by Crippen LogP contribution is 2.27. The van der Waals surface area contributed by atoms with E-state index in [0.717, 1.165) is 42.2 Å². The van der Waals surface area contributed by atoms with Crippen LogP contribution in [0.2, 0.25) is 0 Å². The molecule has 0 aliphatic carbocycles. The minimum atomic E-state index is -0.346. The van der Waals surface area contributed by atoms with Crippen LogP contribution in [0.5, 0.6) is 0 Å². The molecule has 7 heteroatoms. The van der Waals surface area contributed by atoms with Crippen LogP contribution < -0.4 is 5.32 Å². The summed E-state index contributed by atoms with van der Waals surface area (Å²) in [5.74, 6) is 0.860. The minimum Gasteiger partial charge on any atom is -0.342 e. The quantitative estimate of drug-likeness (QED) is 0.752. The summed E-state index contributed by atoms with van der Waals surface area (Å²) in [4.78, 5) is 36.3. The van der Waals surface area contributed by atoms with E-state index in [-0.39, 0.29) is 30.0 Å². The number of nitrogens with zero attached hydrogens (tertiary/aromatic N) is 3. The molecule has 2 heterocycles. The van der Waals surface area contributed by atoms with Crippen LogP contribution in [0.3, 0.4) is 0 Å². The Morgan fingerprint density at radius 1 is 1.16 bits per heavy atom. The zero-order valence-corrected chi connectivity index (χ0v) is 18.7. The first-order valence-corrected chi connectivity index (χ1v) is 10.9. The molecule has 0 spiro atoms.